The van der Waals surface area contributed by atoms with Crippen molar-refractivity contribution in [1.82, 2.24) is 4.98 Å². The molecular formula is C16H16ClN3. The number of nitrogens with zero attached hydrogens (tertiary/aromatic N) is 3. The molecule has 1 aromatic carbocycles. The maximum absolute atomic E-state index is 9.26. The highest BCUT2D eigenvalue weighted by Gasteiger charge is 2.09. The first kappa shape index (κ1) is 14.4. The van der Waals surface area contributed by atoms with Crippen molar-refractivity contribution in [2.24, 2.45) is 0 Å². The third kappa shape index (κ3) is 3.28. The van der Waals surface area contributed by atoms with Gasteiger partial charge in [0.15, 0.2) is 0 Å². The molecule has 0 aliphatic carbocycles. The van der Waals surface area contributed by atoms with Crippen LogP contribution in [0, 0.1) is 18.3 Å². The topological polar surface area (TPSA) is 39.9 Å². The zero-order valence-corrected chi connectivity index (χ0v) is 12.4. The maximum Gasteiger partial charge on any atom is 0.101 e. The molecule has 1 aromatic heterocycles. The van der Waals surface area contributed by atoms with E-state index in [1.54, 1.807) is 0 Å². The second kappa shape index (κ2) is 6.40. The standard InChI is InChI=1S/C16H16ClN3/c1-12-4-3-5-15(19-12)11-20(2)16-7-6-13(9-17)8-14(16)10-18/h3-8H,9,11H2,1-2H3. The van der Waals surface area contributed by atoms with Crippen molar-refractivity contribution >= 4 is 17.3 Å². The van der Waals surface area contributed by atoms with Gasteiger partial charge < -0.3 is 4.90 Å². The SMILES string of the molecule is Cc1cccc(CN(C)c2ccc(CCl)cc2C#N)n1. The van der Waals surface area contributed by atoms with Crippen LogP contribution in [0.3, 0.4) is 0 Å². The molecule has 1 heterocycles. The minimum atomic E-state index is 0.415. The Balaban J connectivity index is 2.25. The van der Waals surface area contributed by atoms with Gasteiger partial charge in [-0.25, -0.2) is 0 Å². The Morgan fingerprint density at radius 2 is 2.10 bits per heavy atom. The first-order valence-corrected chi connectivity index (χ1v) is 6.90. The molecule has 0 N–H and O–H groups in total. The Labute approximate surface area is 124 Å². The van der Waals surface area contributed by atoms with Crippen LogP contribution in [0.5, 0.6) is 0 Å². The normalized spacial score (nSPS) is 10.1. The van der Waals surface area contributed by atoms with Crippen molar-refractivity contribution in [2.75, 3.05) is 11.9 Å². The quantitative estimate of drug-likeness (QED) is 0.805. The van der Waals surface area contributed by atoms with E-state index < -0.39 is 0 Å². The number of pyridine rings is 1. The molecule has 0 saturated carbocycles. The molecule has 0 radical (unpaired) electrons. The molecule has 0 atom stereocenters. The number of rotatable bonds is 4. The number of aryl methyl sites for hydroxylation is 1. The second-order valence-corrected chi connectivity index (χ2v) is 4.99. The number of nitriles is 1. The monoisotopic (exact) mass is 285 g/mol. The molecule has 20 heavy (non-hydrogen) atoms. The van der Waals surface area contributed by atoms with E-state index in [9.17, 15) is 5.26 Å². The van der Waals surface area contributed by atoms with Crippen molar-refractivity contribution in [1.29, 1.82) is 5.26 Å². The number of hydrogen-bond donors (Lipinski definition) is 0. The van der Waals surface area contributed by atoms with Crippen LogP contribution in [-0.4, -0.2) is 12.0 Å². The molecule has 0 amide bonds. The van der Waals surface area contributed by atoms with Crippen molar-refractivity contribution in [3.8, 4) is 6.07 Å². The van der Waals surface area contributed by atoms with Gasteiger partial charge in [0, 0.05) is 18.6 Å². The Bertz CT molecular complexity index is 646. The third-order valence-corrected chi connectivity index (χ3v) is 3.40. The van der Waals surface area contributed by atoms with Gasteiger partial charge in [-0.3, -0.25) is 4.98 Å². The molecule has 0 aliphatic rings. The Morgan fingerprint density at radius 1 is 1.30 bits per heavy atom. The van der Waals surface area contributed by atoms with Crippen LogP contribution in [0.2, 0.25) is 0 Å². The summed E-state index contributed by atoms with van der Waals surface area (Å²) in [5.41, 5.74) is 4.46. The Kier molecular flexibility index (Phi) is 4.60. The average molecular weight is 286 g/mol. The summed E-state index contributed by atoms with van der Waals surface area (Å²) in [6.45, 7) is 2.63. The van der Waals surface area contributed by atoms with E-state index in [-0.39, 0.29) is 0 Å². The smallest absolute Gasteiger partial charge is 0.101 e. The summed E-state index contributed by atoms with van der Waals surface area (Å²) in [6.07, 6.45) is 0. The van der Waals surface area contributed by atoms with Gasteiger partial charge >= 0.3 is 0 Å². The molecule has 0 fully saturated rings. The van der Waals surface area contributed by atoms with E-state index in [4.69, 9.17) is 11.6 Å². The van der Waals surface area contributed by atoms with E-state index in [2.05, 4.69) is 11.1 Å². The molecule has 102 valence electrons. The number of halogens is 1. The zero-order valence-electron chi connectivity index (χ0n) is 11.6. The number of hydrogen-bond acceptors (Lipinski definition) is 3. The largest absolute Gasteiger partial charge is 0.368 e. The summed E-state index contributed by atoms with van der Waals surface area (Å²) >= 11 is 5.80. The highest BCUT2D eigenvalue weighted by atomic mass is 35.5. The minimum absolute atomic E-state index is 0.415. The van der Waals surface area contributed by atoms with Gasteiger partial charge in [-0.05, 0) is 36.8 Å². The van der Waals surface area contributed by atoms with Crippen molar-refractivity contribution < 1.29 is 0 Å². The van der Waals surface area contributed by atoms with E-state index in [0.717, 1.165) is 22.6 Å². The first-order chi connectivity index (χ1) is 9.63. The van der Waals surface area contributed by atoms with Crippen LogP contribution in [-0.2, 0) is 12.4 Å². The highest BCUT2D eigenvalue weighted by molar-refractivity contribution is 6.17. The second-order valence-electron chi connectivity index (χ2n) is 4.72. The number of anilines is 1. The molecule has 2 aromatic rings. The molecule has 0 saturated heterocycles. The minimum Gasteiger partial charge on any atom is -0.368 e. The summed E-state index contributed by atoms with van der Waals surface area (Å²) in [5, 5.41) is 9.26. The predicted molar refractivity (Wildman–Crippen MR) is 81.8 cm³/mol. The molecule has 0 bridgehead atoms. The predicted octanol–water partition coefficient (Wildman–Crippen LogP) is 3.64. The van der Waals surface area contributed by atoms with Gasteiger partial charge in [-0.15, -0.1) is 11.6 Å². The highest BCUT2D eigenvalue weighted by Crippen LogP contribution is 2.22. The number of aromatic nitrogens is 1. The summed E-state index contributed by atoms with van der Waals surface area (Å²) in [5.74, 6) is 0.415. The van der Waals surface area contributed by atoms with Gasteiger partial charge in [0.2, 0.25) is 0 Å². The molecule has 0 aliphatic heterocycles. The van der Waals surface area contributed by atoms with Gasteiger partial charge in [0.1, 0.15) is 6.07 Å². The van der Waals surface area contributed by atoms with Crippen LogP contribution in [0.4, 0.5) is 5.69 Å². The summed E-state index contributed by atoms with van der Waals surface area (Å²) in [4.78, 5) is 6.51. The fraction of sp³-hybridized carbons (Fsp3) is 0.250. The maximum atomic E-state index is 9.26. The van der Waals surface area contributed by atoms with Crippen molar-refractivity contribution in [3.05, 3.63) is 58.9 Å². The van der Waals surface area contributed by atoms with Crippen LogP contribution in [0.15, 0.2) is 36.4 Å². The summed E-state index contributed by atoms with van der Waals surface area (Å²) in [7, 11) is 1.96. The van der Waals surface area contributed by atoms with E-state index >= 15 is 0 Å². The zero-order chi connectivity index (χ0) is 14.5. The van der Waals surface area contributed by atoms with E-state index in [1.165, 1.54) is 0 Å². The van der Waals surface area contributed by atoms with Crippen LogP contribution >= 0.6 is 11.6 Å². The fourth-order valence-electron chi connectivity index (χ4n) is 2.10. The first-order valence-electron chi connectivity index (χ1n) is 6.36. The molecule has 2 rings (SSSR count). The number of benzene rings is 1. The van der Waals surface area contributed by atoms with Gasteiger partial charge in [-0.1, -0.05) is 12.1 Å². The fourth-order valence-corrected chi connectivity index (χ4v) is 2.27. The Hall–Kier alpha value is -2.05. The number of alkyl halides is 1. The molecule has 3 nitrogen and oxygen atoms in total. The van der Waals surface area contributed by atoms with Crippen molar-refractivity contribution in [2.45, 2.75) is 19.3 Å². The van der Waals surface area contributed by atoms with E-state index in [0.29, 0.717) is 18.0 Å². The lowest BCUT2D eigenvalue weighted by Gasteiger charge is -2.20. The third-order valence-electron chi connectivity index (χ3n) is 3.09. The average Bonchev–Trinajstić information content (AvgIpc) is 2.46. The summed E-state index contributed by atoms with van der Waals surface area (Å²) < 4.78 is 0. The summed E-state index contributed by atoms with van der Waals surface area (Å²) in [6, 6.07) is 13.9. The molecule has 4 heteroatoms. The van der Waals surface area contributed by atoms with Gasteiger partial charge in [0.05, 0.1) is 23.5 Å². The van der Waals surface area contributed by atoms with Crippen LogP contribution < -0.4 is 4.90 Å². The lowest BCUT2D eigenvalue weighted by atomic mass is 10.1. The van der Waals surface area contributed by atoms with Gasteiger partial charge in [-0.2, -0.15) is 5.26 Å². The van der Waals surface area contributed by atoms with Gasteiger partial charge in [0.25, 0.3) is 0 Å². The van der Waals surface area contributed by atoms with Crippen LogP contribution in [0.25, 0.3) is 0 Å². The van der Waals surface area contributed by atoms with Crippen molar-refractivity contribution in [3.63, 3.8) is 0 Å². The lowest BCUT2D eigenvalue weighted by Crippen LogP contribution is -2.18. The van der Waals surface area contributed by atoms with Crippen LogP contribution in [0.1, 0.15) is 22.5 Å². The molecule has 0 spiro atoms. The molecular weight excluding hydrogens is 270 g/mol. The molecule has 0 unspecified atom stereocenters. The van der Waals surface area contributed by atoms with E-state index in [1.807, 2.05) is 55.3 Å². The lowest BCUT2D eigenvalue weighted by molar-refractivity contribution is 0.875. The Morgan fingerprint density at radius 3 is 2.75 bits per heavy atom.